The Balaban J connectivity index is 1.36. The number of para-hydroxylation sites is 1. The summed E-state index contributed by atoms with van der Waals surface area (Å²) in [4.78, 5) is 4.73. The molecule has 6 rings (SSSR count). The van der Waals surface area contributed by atoms with E-state index in [-0.39, 0.29) is 5.04 Å². The molecule has 0 atom stereocenters. The highest BCUT2D eigenvalue weighted by molar-refractivity contribution is 6.99. The quantitative estimate of drug-likeness (QED) is 0.335. The molecule has 2 N–H and O–H groups in total. The number of aromatic nitrogens is 4. The SMILES string of the molecule is CC(C)(C)[Si](OCc1cc2nnc(C3=Nc4ccccc4C3)c(N)n2n1)(c1ccccc1)c1ccccc1. The van der Waals surface area contributed by atoms with Gasteiger partial charge in [0.1, 0.15) is 5.69 Å². The van der Waals surface area contributed by atoms with Gasteiger partial charge in [0.2, 0.25) is 0 Å². The highest BCUT2D eigenvalue weighted by Gasteiger charge is 2.50. The molecule has 0 unspecified atom stereocenters. The normalized spacial score (nSPS) is 13.5. The first-order chi connectivity index (χ1) is 18.4. The number of hydrogen-bond donors (Lipinski definition) is 1. The van der Waals surface area contributed by atoms with Crippen LogP contribution in [0.5, 0.6) is 0 Å². The topological polar surface area (TPSA) is 90.7 Å². The van der Waals surface area contributed by atoms with E-state index < -0.39 is 8.32 Å². The monoisotopic (exact) mass is 518 g/mol. The molecule has 0 aliphatic carbocycles. The van der Waals surface area contributed by atoms with Crippen LogP contribution in [-0.2, 0) is 17.5 Å². The van der Waals surface area contributed by atoms with Gasteiger partial charge in [-0.05, 0) is 27.0 Å². The largest absolute Gasteiger partial charge is 0.401 e. The van der Waals surface area contributed by atoms with Crippen LogP contribution < -0.4 is 16.1 Å². The molecular formula is C30H30N6OSi. The van der Waals surface area contributed by atoms with Gasteiger partial charge in [0.05, 0.1) is 23.7 Å². The predicted molar refractivity (Wildman–Crippen MR) is 154 cm³/mol. The third-order valence-electron chi connectivity index (χ3n) is 7.20. The second kappa shape index (κ2) is 9.31. The van der Waals surface area contributed by atoms with Crippen molar-refractivity contribution >= 4 is 41.6 Å². The van der Waals surface area contributed by atoms with Gasteiger partial charge in [-0.3, -0.25) is 4.99 Å². The minimum Gasteiger partial charge on any atom is -0.401 e. The van der Waals surface area contributed by atoms with Crippen molar-refractivity contribution in [1.82, 2.24) is 19.8 Å². The van der Waals surface area contributed by atoms with Crippen LogP contribution in [0.2, 0.25) is 5.04 Å². The van der Waals surface area contributed by atoms with E-state index in [1.165, 1.54) is 10.4 Å². The molecule has 2 aromatic heterocycles. The van der Waals surface area contributed by atoms with Crippen molar-refractivity contribution in [2.24, 2.45) is 4.99 Å². The van der Waals surface area contributed by atoms with Gasteiger partial charge in [-0.2, -0.15) is 9.61 Å². The van der Waals surface area contributed by atoms with Crippen LogP contribution in [0.15, 0.2) is 96.0 Å². The molecule has 0 radical (unpaired) electrons. The Kier molecular flexibility index (Phi) is 5.93. The highest BCUT2D eigenvalue weighted by atomic mass is 28.4. The Bertz CT molecular complexity index is 1600. The van der Waals surface area contributed by atoms with Gasteiger partial charge in [-0.25, -0.2) is 0 Å². The molecule has 38 heavy (non-hydrogen) atoms. The first-order valence-corrected chi connectivity index (χ1v) is 14.7. The first kappa shape index (κ1) is 24.2. The fourth-order valence-electron chi connectivity index (χ4n) is 5.41. The summed E-state index contributed by atoms with van der Waals surface area (Å²) < 4.78 is 8.70. The van der Waals surface area contributed by atoms with E-state index >= 15 is 0 Å². The molecule has 0 bridgehead atoms. The molecule has 0 spiro atoms. The molecule has 0 saturated carbocycles. The third kappa shape index (κ3) is 4.02. The maximum absolute atomic E-state index is 7.04. The van der Waals surface area contributed by atoms with Gasteiger partial charge in [-0.15, -0.1) is 10.2 Å². The van der Waals surface area contributed by atoms with Crippen LogP contribution in [-0.4, -0.2) is 33.8 Å². The fourth-order valence-corrected chi connectivity index (χ4v) is 9.93. The van der Waals surface area contributed by atoms with Crippen LogP contribution in [0.1, 0.15) is 37.7 Å². The van der Waals surface area contributed by atoms with Crippen molar-refractivity contribution < 1.29 is 4.43 Å². The van der Waals surface area contributed by atoms with Gasteiger partial charge in [0.15, 0.2) is 11.5 Å². The average molecular weight is 519 g/mol. The summed E-state index contributed by atoms with van der Waals surface area (Å²) >= 11 is 0. The standard InChI is InChI=1S/C30H30N6OSi/c1-30(2,3)38(23-13-6-4-7-14-23,24-15-8-5-9-16-24)37-20-22-19-27-33-34-28(29(31)36(27)35-22)26-18-21-12-10-11-17-25(21)32-26/h4-17,19H,18,20,31H2,1-3H3. The van der Waals surface area contributed by atoms with Gasteiger partial charge >= 0.3 is 0 Å². The van der Waals surface area contributed by atoms with Crippen LogP contribution >= 0.6 is 0 Å². The zero-order valence-electron chi connectivity index (χ0n) is 21.8. The van der Waals surface area contributed by atoms with E-state index in [4.69, 9.17) is 20.3 Å². The van der Waals surface area contributed by atoms with Crippen molar-refractivity contribution in [3.05, 3.63) is 108 Å². The predicted octanol–water partition coefficient (Wildman–Crippen LogP) is 4.46. The van der Waals surface area contributed by atoms with E-state index in [0.717, 1.165) is 22.7 Å². The first-order valence-electron chi connectivity index (χ1n) is 12.8. The molecule has 0 fully saturated rings. The van der Waals surface area contributed by atoms with E-state index in [0.29, 0.717) is 30.2 Å². The summed E-state index contributed by atoms with van der Waals surface area (Å²) in [7, 11) is -2.70. The molecule has 1 aliphatic rings. The number of fused-ring (bicyclic) bond motifs is 2. The molecular weight excluding hydrogens is 488 g/mol. The molecule has 7 nitrogen and oxygen atoms in total. The van der Waals surface area contributed by atoms with Gasteiger partial charge < -0.3 is 10.2 Å². The second-order valence-corrected chi connectivity index (χ2v) is 15.0. The smallest absolute Gasteiger partial charge is 0.261 e. The lowest BCUT2D eigenvalue weighted by molar-refractivity contribution is 0.281. The molecule has 8 heteroatoms. The third-order valence-corrected chi connectivity index (χ3v) is 12.2. The Hall–Kier alpha value is -4.14. The Morgan fingerprint density at radius 3 is 2.13 bits per heavy atom. The number of anilines is 1. The highest BCUT2D eigenvalue weighted by Crippen LogP contribution is 2.37. The summed E-state index contributed by atoms with van der Waals surface area (Å²) in [6.07, 6.45) is 0.672. The van der Waals surface area contributed by atoms with Crippen molar-refractivity contribution in [3.8, 4) is 0 Å². The van der Waals surface area contributed by atoms with Gasteiger partial charge in [0.25, 0.3) is 8.32 Å². The number of benzene rings is 3. The number of nitrogen functional groups attached to an aromatic ring is 1. The number of hydrogen-bond acceptors (Lipinski definition) is 6. The van der Waals surface area contributed by atoms with Crippen molar-refractivity contribution in [2.45, 2.75) is 38.8 Å². The number of aliphatic imine (C=N–C) groups is 1. The lowest BCUT2D eigenvalue weighted by Gasteiger charge is -2.42. The van der Waals surface area contributed by atoms with Gasteiger partial charge in [-0.1, -0.05) is 99.6 Å². The minimum absolute atomic E-state index is 0.128. The Morgan fingerprint density at radius 2 is 1.50 bits per heavy atom. The van der Waals surface area contributed by atoms with E-state index in [2.05, 4.69) is 85.6 Å². The lowest BCUT2D eigenvalue weighted by Crippen LogP contribution is -2.66. The summed E-state index contributed by atoms with van der Waals surface area (Å²) in [5.41, 5.74) is 11.4. The van der Waals surface area contributed by atoms with E-state index in [9.17, 15) is 0 Å². The summed E-state index contributed by atoms with van der Waals surface area (Å²) in [5.74, 6) is 0.429. The van der Waals surface area contributed by atoms with Crippen molar-refractivity contribution in [1.29, 1.82) is 0 Å². The van der Waals surface area contributed by atoms with Gasteiger partial charge in [0, 0.05) is 12.5 Å². The minimum atomic E-state index is -2.70. The zero-order chi connectivity index (χ0) is 26.3. The fraction of sp³-hybridized carbons (Fsp3) is 0.200. The Morgan fingerprint density at radius 1 is 0.868 bits per heavy atom. The molecule has 5 aromatic rings. The van der Waals surface area contributed by atoms with Crippen LogP contribution in [0.4, 0.5) is 11.5 Å². The zero-order valence-corrected chi connectivity index (χ0v) is 22.8. The Labute approximate surface area is 223 Å². The van der Waals surface area contributed by atoms with Crippen LogP contribution in [0, 0.1) is 0 Å². The molecule has 0 saturated heterocycles. The van der Waals surface area contributed by atoms with Crippen molar-refractivity contribution in [2.75, 3.05) is 5.73 Å². The molecule has 3 heterocycles. The maximum Gasteiger partial charge on any atom is 0.261 e. The summed E-state index contributed by atoms with van der Waals surface area (Å²) in [5, 5.41) is 16.0. The lowest BCUT2D eigenvalue weighted by atomic mass is 10.1. The number of rotatable bonds is 6. The molecule has 0 amide bonds. The van der Waals surface area contributed by atoms with E-state index in [1.807, 2.05) is 36.4 Å². The van der Waals surface area contributed by atoms with Crippen molar-refractivity contribution in [3.63, 3.8) is 0 Å². The number of nitrogens with two attached hydrogens (primary N) is 1. The summed E-state index contributed by atoms with van der Waals surface area (Å²) in [6.45, 7) is 7.12. The number of nitrogens with zero attached hydrogens (tertiary/aromatic N) is 5. The average Bonchev–Trinajstić information content (AvgIpc) is 3.54. The maximum atomic E-state index is 7.04. The van der Waals surface area contributed by atoms with Crippen LogP contribution in [0.25, 0.3) is 5.65 Å². The molecule has 190 valence electrons. The van der Waals surface area contributed by atoms with E-state index in [1.54, 1.807) is 4.52 Å². The summed E-state index contributed by atoms with van der Waals surface area (Å²) in [6, 6.07) is 31.1. The molecule has 1 aliphatic heterocycles. The second-order valence-electron chi connectivity index (χ2n) is 10.7. The van der Waals surface area contributed by atoms with Crippen LogP contribution in [0.3, 0.4) is 0 Å². The molecule has 3 aromatic carbocycles.